The van der Waals surface area contributed by atoms with Crippen molar-refractivity contribution >= 4 is 17.3 Å². The number of ether oxygens (including phenoxy) is 2. The SMILES string of the molecule is CCc1nn2ccccc2c1N(CC1CCOCC1)C(=O)OC(C)(C)C. The third-order valence-corrected chi connectivity index (χ3v) is 4.58. The molecule has 0 saturated carbocycles. The van der Waals surface area contributed by atoms with Crippen LogP contribution in [0.15, 0.2) is 24.4 Å². The first kappa shape index (κ1) is 18.7. The quantitative estimate of drug-likeness (QED) is 0.826. The van der Waals surface area contributed by atoms with Gasteiger partial charge in [0, 0.05) is 26.0 Å². The molecule has 3 rings (SSSR count). The molecular formula is C20H29N3O3. The predicted molar refractivity (Wildman–Crippen MR) is 102 cm³/mol. The Hall–Kier alpha value is -2.08. The Labute approximate surface area is 155 Å². The summed E-state index contributed by atoms with van der Waals surface area (Å²) in [7, 11) is 0. The van der Waals surface area contributed by atoms with Gasteiger partial charge in [-0.15, -0.1) is 0 Å². The molecule has 1 aliphatic heterocycles. The average molecular weight is 359 g/mol. The Morgan fingerprint density at radius 1 is 1.35 bits per heavy atom. The Balaban J connectivity index is 2.00. The molecule has 2 aromatic rings. The number of fused-ring (bicyclic) bond motifs is 1. The van der Waals surface area contributed by atoms with Gasteiger partial charge in [-0.25, -0.2) is 9.31 Å². The molecule has 142 valence electrons. The maximum absolute atomic E-state index is 13.1. The number of carbonyl (C=O) groups excluding carboxylic acids is 1. The number of nitrogens with zero attached hydrogens (tertiary/aromatic N) is 3. The van der Waals surface area contributed by atoms with E-state index in [2.05, 4.69) is 12.0 Å². The van der Waals surface area contributed by atoms with E-state index in [0.29, 0.717) is 12.5 Å². The maximum atomic E-state index is 13.1. The first-order valence-corrected chi connectivity index (χ1v) is 9.43. The standard InChI is InChI=1S/C20H29N3O3/c1-5-16-18(17-8-6-7-11-23(17)21-16)22(19(24)26-20(2,3)4)14-15-9-12-25-13-10-15/h6-8,11,15H,5,9-10,12-14H2,1-4H3. The van der Waals surface area contributed by atoms with Crippen LogP contribution in [0.5, 0.6) is 0 Å². The van der Waals surface area contributed by atoms with Crippen molar-refractivity contribution in [3.8, 4) is 0 Å². The van der Waals surface area contributed by atoms with Gasteiger partial charge >= 0.3 is 6.09 Å². The second kappa shape index (κ2) is 7.66. The van der Waals surface area contributed by atoms with Gasteiger partial charge in [-0.3, -0.25) is 4.90 Å². The summed E-state index contributed by atoms with van der Waals surface area (Å²) < 4.78 is 13.1. The Morgan fingerprint density at radius 3 is 2.73 bits per heavy atom. The van der Waals surface area contributed by atoms with Crippen LogP contribution in [-0.4, -0.2) is 41.1 Å². The van der Waals surface area contributed by atoms with E-state index in [0.717, 1.165) is 49.4 Å². The zero-order valence-electron chi connectivity index (χ0n) is 16.2. The minimum Gasteiger partial charge on any atom is -0.443 e. The summed E-state index contributed by atoms with van der Waals surface area (Å²) in [4.78, 5) is 14.9. The zero-order valence-corrected chi connectivity index (χ0v) is 16.2. The van der Waals surface area contributed by atoms with Crippen LogP contribution in [-0.2, 0) is 15.9 Å². The van der Waals surface area contributed by atoms with Gasteiger partial charge in [0.15, 0.2) is 0 Å². The summed E-state index contributed by atoms with van der Waals surface area (Å²) in [6.07, 6.45) is 4.28. The van der Waals surface area contributed by atoms with Crippen LogP contribution < -0.4 is 4.90 Å². The van der Waals surface area contributed by atoms with Gasteiger partial charge in [0.25, 0.3) is 0 Å². The van der Waals surface area contributed by atoms with Crippen molar-refractivity contribution in [2.24, 2.45) is 5.92 Å². The lowest BCUT2D eigenvalue weighted by atomic mass is 9.99. The van der Waals surface area contributed by atoms with Crippen molar-refractivity contribution in [2.75, 3.05) is 24.7 Å². The van der Waals surface area contributed by atoms with Crippen molar-refractivity contribution in [2.45, 2.75) is 52.6 Å². The highest BCUT2D eigenvalue weighted by molar-refractivity contribution is 5.94. The van der Waals surface area contributed by atoms with E-state index in [1.807, 2.05) is 49.7 Å². The van der Waals surface area contributed by atoms with Gasteiger partial charge in [0.05, 0.1) is 16.9 Å². The summed E-state index contributed by atoms with van der Waals surface area (Å²) in [5.74, 6) is 0.402. The van der Waals surface area contributed by atoms with Crippen molar-refractivity contribution in [1.82, 2.24) is 9.61 Å². The molecule has 2 aromatic heterocycles. The number of carbonyl (C=O) groups is 1. The van der Waals surface area contributed by atoms with Crippen LogP contribution in [0.25, 0.3) is 5.52 Å². The molecule has 0 aliphatic carbocycles. The topological polar surface area (TPSA) is 56.1 Å². The predicted octanol–water partition coefficient (Wildman–Crippen LogP) is 4.06. The Kier molecular flexibility index (Phi) is 5.51. The molecule has 3 heterocycles. The molecule has 0 bridgehead atoms. The minimum atomic E-state index is -0.541. The van der Waals surface area contributed by atoms with E-state index >= 15 is 0 Å². The first-order valence-electron chi connectivity index (χ1n) is 9.43. The number of hydrogen-bond acceptors (Lipinski definition) is 4. The molecule has 1 amide bonds. The monoisotopic (exact) mass is 359 g/mol. The molecule has 0 unspecified atom stereocenters. The third kappa shape index (κ3) is 4.18. The molecule has 1 aliphatic rings. The largest absolute Gasteiger partial charge is 0.443 e. The van der Waals surface area contributed by atoms with E-state index in [4.69, 9.17) is 9.47 Å². The van der Waals surface area contributed by atoms with Gasteiger partial charge in [0.1, 0.15) is 5.60 Å². The summed E-state index contributed by atoms with van der Waals surface area (Å²) in [5, 5.41) is 4.67. The highest BCUT2D eigenvalue weighted by Gasteiger charge is 2.30. The van der Waals surface area contributed by atoms with Crippen molar-refractivity contribution in [1.29, 1.82) is 0 Å². The number of hydrogen-bond donors (Lipinski definition) is 0. The second-order valence-corrected chi connectivity index (χ2v) is 7.83. The van der Waals surface area contributed by atoms with Crippen LogP contribution >= 0.6 is 0 Å². The Morgan fingerprint density at radius 2 is 2.08 bits per heavy atom. The molecule has 0 radical (unpaired) electrons. The average Bonchev–Trinajstić information content (AvgIpc) is 2.97. The fraction of sp³-hybridized carbons (Fsp3) is 0.600. The molecule has 1 fully saturated rings. The highest BCUT2D eigenvalue weighted by atomic mass is 16.6. The number of aromatic nitrogens is 2. The van der Waals surface area contributed by atoms with Gasteiger partial charge in [-0.2, -0.15) is 5.10 Å². The number of amides is 1. The van der Waals surface area contributed by atoms with E-state index in [1.165, 1.54) is 0 Å². The fourth-order valence-corrected chi connectivity index (χ4v) is 3.33. The summed E-state index contributed by atoms with van der Waals surface area (Å²) in [6.45, 7) is 9.88. The summed E-state index contributed by atoms with van der Waals surface area (Å²) >= 11 is 0. The van der Waals surface area contributed by atoms with Gasteiger partial charge in [0.2, 0.25) is 0 Å². The van der Waals surface area contributed by atoms with Crippen LogP contribution in [0.1, 0.15) is 46.2 Å². The molecule has 26 heavy (non-hydrogen) atoms. The molecule has 6 nitrogen and oxygen atoms in total. The van der Waals surface area contributed by atoms with Crippen LogP contribution in [0.2, 0.25) is 0 Å². The number of anilines is 1. The first-order chi connectivity index (χ1) is 12.4. The molecule has 0 aromatic carbocycles. The van der Waals surface area contributed by atoms with Crippen LogP contribution in [0, 0.1) is 5.92 Å². The summed E-state index contributed by atoms with van der Waals surface area (Å²) in [6, 6.07) is 5.92. The van der Waals surface area contributed by atoms with Crippen LogP contribution in [0.4, 0.5) is 10.5 Å². The molecular weight excluding hydrogens is 330 g/mol. The highest BCUT2D eigenvalue weighted by Crippen LogP contribution is 2.30. The Bertz CT molecular complexity index is 757. The fourth-order valence-electron chi connectivity index (χ4n) is 3.33. The van der Waals surface area contributed by atoms with Gasteiger partial charge in [-0.1, -0.05) is 13.0 Å². The summed E-state index contributed by atoms with van der Waals surface area (Å²) in [5.41, 5.74) is 2.17. The van der Waals surface area contributed by atoms with E-state index in [9.17, 15) is 4.79 Å². The van der Waals surface area contributed by atoms with E-state index < -0.39 is 5.60 Å². The molecule has 0 N–H and O–H groups in total. The van der Waals surface area contributed by atoms with Gasteiger partial charge < -0.3 is 9.47 Å². The molecule has 6 heteroatoms. The van der Waals surface area contributed by atoms with E-state index in [-0.39, 0.29) is 6.09 Å². The normalized spacial score (nSPS) is 16.0. The molecule has 1 saturated heterocycles. The third-order valence-electron chi connectivity index (χ3n) is 4.58. The lowest BCUT2D eigenvalue weighted by Gasteiger charge is -2.31. The van der Waals surface area contributed by atoms with Crippen LogP contribution in [0.3, 0.4) is 0 Å². The molecule has 0 spiro atoms. The number of rotatable bonds is 4. The number of pyridine rings is 1. The minimum absolute atomic E-state index is 0.308. The number of aryl methyl sites for hydroxylation is 1. The van der Waals surface area contributed by atoms with Crippen molar-refractivity contribution in [3.05, 3.63) is 30.1 Å². The van der Waals surface area contributed by atoms with Crippen molar-refractivity contribution in [3.63, 3.8) is 0 Å². The van der Waals surface area contributed by atoms with Gasteiger partial charge in [-0.05, 0) is 58.1 Å². The molecule has 0 atom stereocenters. The second-order valence-electron chi connectivity index (χ2n) is 7.83. The zero-order chi connectivity index (χ0) is 18.7. The van der Waals surface area contributed by atoms with Crippen molar-refractivity contribution < 1.29 is 14.3 Å². The lowest BCUT2D eigenvalue weighted by molar-refractivity contribution is 0.0515. The van der Waals surface area contributed by atoms with E-state index in [1.54, 1.807) is 4.90 Å². The smallest absolute Gasteiger partial charge is 0.414 e. The maximum Gasteiger partial charge on any atom is 0.414 e. The lowest BCUT2D eigenvalue weighted by Crippen LogP contribution is -2.41.